The van der Waals surface area contributed by atoms with Gasteiger partial charge in [0.1, 0.15) is 11.5 Å². The Morgan fingerprint density at radius 3 is 2.68 bits per heavy atom. The zero-order valence-corrected chi connectivity index (χ0v) is 20.4. The molecule has 4 rings (SSSR count). The maximum absolute atomic E-state index is 13.1. The van der Waals surface area contributed by atoms with E-state index in [1.54, 1.807) is 18.2 Å². The molecule has 3 aromatic carbocycles. The van der Waals surface area contributed by atoms with Gasteiger partial charge in [-0.1, -0.05) is 40.2 Å². The molecule has 0 unspecified atom stereocenters. The quantitative estimate of drug-likeness (QED) is 0.309. The molecule has 7 heteroatoms. The molecule has 1 aliphatic rings. The van der Waals surface area contributed by atoms with Gasteiger partial charge in [-0.2, -0.15) is 0 Å². The van der Waals surface area contributed by atoms with Gasteiger partial charge in [-0.15, -0.1) is 0 Å². The van der Waals surface area contributed by atoms with Gasteiger partial charge in [0.25, 0.3) is 5.91 Å². The van der Waals surface area contributed by atoms with Crippen LogP contribution >= 0.6 is 15.9 Å². The first-order valence-corrected chi connectivity index (χ1v) is 11.9. The summed E-state index contributed by atoms with van der Waals surface area (Å²) in [5, 5.41) is 6.26. The molecule has 0 fully saturated rings. The number of carbonyl (C=O) groups is 3. The zero-order chi connectivity index (χ0) is 24.1. The SMILES string of the molecule is CC(=O)Oc1ccccc1CCC(=O)Cc1c(C(=O)Nc2cccc(Br)c2)ccc2c1CCN2. The summed E-state index contributed by atoms with van der Waals surface area (Å²) in [6.07, 6.45) is 1.67. The number of hydrogen-bond donors (Lipinski definition) is 2. The van der Waals surface area contributed by atoms with Crippen LogP contribution in [0.4, 0.5) is 11.4 Å². The van der Waals surface area contributed by atoms with E-state index in [-0.39, 0.29) is 24.5 Å². The van der Waals surface area contributed by atoms with Crippen LogP contribution in [0.1, 0.15) is 40.4 Å². The number of rotatable bonds is 8. The monoisotopic (exact) mass is 520 g/mol. The first-order chi connectivity index (χ1) is 16.4. The van der Waals surface area contributed by atoms with Crippen LogP contribution < -0.4 is 15.4 Å². The number of nitrogens with one attached hydrogen (secondary N) is 2. The van der Waals surface area contributed by atoms with Crippen molar-refractivity contribution in [3.05, 3.63) is 87.4 Å². The Hall–Kier alpha value is -3.45. The Morgan fingerprint density at radius 2 is 1.88 bits per heavy atom. The van der Waals surface area contributed by atoms with Crippen LogP contribution in [0.2, 0.25) is 0 Å². The number of benzene rings is 3. The zero-order valence-electron chi connectivity index (χ0n) is 18.8. The second-order valence-corrected chi connectivity index (χ2v) is 9.09. The number of fused-ring (bicyclic) bond motifs is 1. The van der Waals surface area contributed by atoms with E-state index in [0.29, 0.717) is 23.4 Å². The van der Waals surface area contributed by atoms with E-state index in [4.69, 9.17) is 4.74 Å². The number of amides is 1. The molecule has 0 saturated heterocycles. The summed E-state index contributed by atoms with van der Waals surface area (Å²) in [7, 11) is 0. The van der Waals surface area contributed by atoms with Crippen molar-refractivity contribution in [1.29, 1.82) is 0 Å². The van der Waals surface area contributed by atoms with Crippen LogP contribution in [0, 0.1) is 0 Å². The molecule has 6 nitrogen and oxygen atoms in total. The van der Waals surface area contributed by atoms with Crippen LogP contribution in [0.3, 0.4) is 0 Å². The van der Waals surface area contributed by atoms with E-state index in [1.165, 1.54) is 6.92 Å². The largest absolute Gasteiger partial charge is 0.426 e. The number of hydrogen-bond acceptors (Lipinski definition) is 5. The lowest BCUT2D eigenvalue weighted by Crippen LogP contribution is -2.17. The molecular formula is C27H25BrN2O4. The third-order valence-electron chi connectivity index (χ3n) is 5.72. The van der Waals surface area contributed by atoms with E-state index in [2.05, 4.69) is 26.6 Å². The lowest BCUT2D eigenvalue weighted by molar-refractivity contribution is -0.131. The van der Waals surface area contributed by atoms with Crippen LogP contribution in [-0.4, -0.2) is 24.2 Å². The molecular weight excluding hydrogens is 496 g/mol. The Labute approximate surface area is 206 Å². The Morgan fingerprint density at radius 1 is 1.06 bits per heavy atom. The number of aryl methyl sites for hydroxylation is 1. The minimum atomic E-state index is -0.396. The third kappa shape index (κ3) is 5.72. The topological polar surface area (TPSA) is 84.5 Å². The highest BCUT2D eigenvalue weighted by Crippen LogP contribution is 2.30. The molecule has 1 heterocycles. The number of ketones is 1. The molecule has 34 heavy (non-hydrogen) atoms. The number of anilines is 2. The average Bonchev–Trinajstić information content (AvgIpc) is 3.28. The molecule has 2 N–H and O–H groups in total. The highest BCUT2D eigenvalue weighted by atomic mass is 79.9. The second kappa shape index (κ2) is 10.7. The van der Waals surface area contributed by atoms with E-state index in [0.717, 1.165) is 39.8 Å². The fraction of sp³-hybridized carbons (Fsp3) is 0.222. The molecule has 0 radical (unpaired) electrons. The van der Waals surface area contributed by atoms with E-state index in [1.807, 2.05) is 42.5 Å². The van der Waals surface area contributed by atoms with Gasteiger partial charge in [-0.3, -0.25) is 14.4 Å². The fourth-order valence-corrected chi connectivity index (χ4v) is 4.57. The lowest BCUT2D eigenvalue weighted by Gasteiger charge is -2.15. The molecule has 0 aromatic heterocycles. The first kappa shape index (κ1) is 23.7. The molecule has 0 saturated carbocycles. The van der Waals surface area contributed by atoms with Gasteiger partial charge in [-0.05, 0) is 65.9 Å². The van der Waals surface area contributed by atoms with Crippen LogP contribution in [0.25, 0.3) is 0 Å². The number of carbonyl (C=O) groups excluding carboxylic acids is 3. The van der Waals surface area contributed by atoms with Crippen LogP contribution in [0.5, 0.6) is 5.75 Å². The second-order valence-electron chi connectivity index (χ2n) is 8.18. The van der Waals surface area contributed by atoms with Crippen molar-refractivity contribution in [2.45, 2.75) is 32.6 Å². The van der Waals surface area contributed by atoms with Crippen molar-refractivity contribution in [1.82, 2.24) is 0 Å². The van der Waals surface area contributed by atoms with Gasteiger partial charge in [0, 0.05) is 47.7 Å². The average molecular weight is 521 g/mol. The van der Waals surface area contributed by atoms with Crippen LogP contribution in [0.15, 0.2) is 65.1 Å². The van der Waals surface area contributed by atoms with Crippen molar-refractivity contribution < 1.29 is 19.1 Å². The molecule has 1 amide bonds. The number of ether oxygens (including phenoxy) is 1. The highest BCUT2D eigenvalue weighted by Gasteiger charge is 2.23. The van der Waals surface area contributed by atoms with Gasteiger partial charge in [0.05, 0.1) is 0 Å². The van der Waals surface area contributed by atoms with Gasteiger partial charge in [0.2, 0.25) is 0 Å². The van der Waals surface area contributed by atoms with Crippen molar-refractivity contribution in [2.24, 2.45) is 0 Å². The van der Waals surface area contributed by atoms with Crippen molar-refractivity contribution in [3.63, 3.8) is 0 Å². The van der Waals surface area contributed by atoms with Crippen molar-refractivity contribution in [2.75, 3.05) is 17.2 Å². The molecule has 174 valence electrons. The predicted octanol–water partition coefficient (Wildman–Crippen LogP) is 5.34. The number of esters is 1. The maximum atomic E-state index is 13.1. The van der Waals surface area contributed by atoms with Gasteiger partial charge in [-0.25, -0.2) is 0 Å². The van der Waals surface area contributed by atoms with Gasteiger partial charge in [0.15, 0.2) is 0 Å². The van der Waals surface area contributed by atoms with Gasteiger partial charge < -0.3 is 15.4 Å². The molecule has 0 spiro atoms. The summed E-state index contributed by atoms with van der Waals surface area (Å²) in [5.74, 6) is -0.140. The number of halogens is 1. The minimum Gasteiger partial charge on any atom is -0.426 e. The smallest absolute Gasteiger partial charge is 0.308 e. The highest BCUT2D eigenvalue weighted by molar-refractivity contribution is 9.10. The third-order valence-corrected chi connectivity index (χ3v) is 6.22. The summed E-state index contributed by atoms with van der Waals surface area (Å²) in [6.45, 7) is 2.13. The molecule has 0 bridgehead atoms. The van der Waals surface area contributed by atoms with E-state index < -0.39 is 5.97 Å². The van der Waals surface area contributed by atoms with E-state index in [9.17, 15) is 14.4 Å². The standard InChI is InChI=1S/C27H25BrN2O4/c1-17(31)34-26-8-3-2-5-18(26)9-10-21(32)16-24-22-13-14-29-25(22)12-11-23(24)27(33)30-20-7-4-6-19(28)15-20/h2-8,11-12,15,29H,9-10,13-14,16H2,1H3,(H,30,33). The summed E-state index contributed by atoms with van der Waals surface area (Å²) in [4.78, 5) is 37.5. The first-order valence-electron chi connectivity index (χ1n) is 11.1. The summed E-state index contributed by atoms with van der Waals surface area (Å²) < 4.78 is 6.13. The minimum absolute atomic E-state index is 0.0226. The molecule has 3 aromatic rings. The summed E-state index contributed by atoms with van der Waals surface area (Å²) >= 11 is 3.42. The predicted molar refractivity (Wildman–Crippen MR) is 136 cm³/mol. The lowest BCUT2D eigenvalue weighted by atomic mass is 9.92. The molecule has 0 atom stereocenters. The Kier molecular flexibility index (Phi) is 7.43. The number of para-hydroxylation sites is 1. The fourth-order valence-electron chi connectivity index (χ4n) is 4.17. The maximum Gasteiger partial charge on any atom is 0.308 e. The van der Waals surface area contributed by atoms with E-state index >= 15 is 0 Å². The summed E-state index contributed by atoms with van der Waals surface area (Å²) in [5.41, 5.74) is 4.76. The van der Waals surface area contributed by atoms with Crippen LogP contribution in [-0.2, 0) is 28.9 Å². The summed E-state index contributed by atoms with van der Waals surface area (Å²) in [6, 6.07) is 18.3. The molecule has 0 aliphatic carbocycles. The Bertz CT molecular complexity index is 1260. The Balaban J connectivity index is 1.52. The van der Waals surface area contributed by atoms with Crippen molar-refractivity contribution in [3.8, 4) is 5.75 Å². The normalized spacial score (nSPS) is 11.9. The number of Topliss-reactive ketones (excluding diaryl/α,β-unsaturated/α-hetero) is 1. The van der Waals surface area contributed by atoms with Crippen molar-refractivity contribution >= 4 is 45.0 Å². The molecule has 1 aliphatic heterocycles. The van der Waals surface area contributed by atoms with Gasteiger partial charge >= 0.3 is 5.97 Å².